The van der Waals surface area contributed by atoms with Crippen LogP contribution < -0.4 is 10.1 Å². The minimum Gasteiger partial charge on any atom is -0.495 e. The van der Waals surface area contributed by atoms with Crippen molar-refractivity contribution >= 4 is 45.8 Å². The summed E-state index contributed by atoms with van der Waals surface area (Å²) in [6.45, 7) is 0. The van der Waals surface area contributed by atoms with Gasteiger partial charge in [-0.25, -0.2) is 0 Å². The van der Waals surface area contributed by atoms with Gasteiger partial charge in [-0.05, 0) is 65.0 Å². The van der Waals surface area contributed by atoms with Crippen LogP contribution >= 0.6 is 45.8 Å². The molecule has 20 heavy (non-hydrogen) atoms. The average Bonchev–Trinajstić information content (AvgIpc) is 2.45. The van der Waals surface area contributed by atoms with Crippen molar-refractivity contribution in [1.82, 2.24) is 5.32 Å². The fraction of sp³-hybridized carbons (Fsp3) is 0.200. The van der Waals surface area contributed by atoms with E-state index >= 15 is 0 Å². The number of methoxy groups -OCH3 is 1. The van der Waals surface area contributed by atoms with Crippen molar-refractivity contribution in [2.75, 3.05) is 14.2 Å². The molecular weight excluding hydrogens is 408 g/mol. The first kappa shape index (κ1) is 15.9. The molecule has 0 fully saturated rings. The third-order valence-corrected chi connectivity index (χ3v) is 4.96. The fourth-order valence-electron chi connectivity index (χ4n) is 2.07. The maximum Gasteiger partial charge on any atom is 0.137 e. The molecule has 0 bridgehead atoms. The van der Waals surface area contributed by atoms with Crippen LogP contribution in [0.2, 0.25) is 10.0 Å². The molecule has 0 aliphatic rings. The van der Waals surface area contributed by atoms with Gasteiger partial charge < -0.3 is 10.1 Å². The van der Waals surface area contributed by atoms with E-state index in [0.29, 0.717) is 10.8 Å². The SMILES string of the molecule is CNC(c1ccc(I)c(Cl)c1)c1ccc(Cl)c(OC)c1. The molecule has 0 heterocycles. The highest BCUT2D eigenvalue weighted by Gasteiger charge is 2.15. The molecule has 106 valence electrons. The Morgan fingerprint density at radius 3 is 2.30 bits per heavy atom. The van der Waals surface area contributed by atoms with E-state index in [2.05, 4.69) is 34.0 Å². The van der Waals surface area contributed by atoms with Gasteiger partial charge in [0.2, 0.25) is 0 Å². The van der Waals surface area contributed by atoms with E-state index in [1.54, 1.807) is 7.11 Å². The van der Waals surface area contributed by atoms with Crippen molar-refractivity contribution in [3.8, 4) is 5.75 Å². The second kappa shape index (κ2) is 6.98. The predicted octanol–water partition coefficient (Wildman–Crippen LogP) is 4.92. The van der Waals surface area contributed by atoms with E-state index in [-0.39, 0.29) is 6.04 Å². The second-order valence-corrected chi connectivity index (χ2v) is 6.27. The molecule has 0 amide bonds. The highest BCUT2D eigenvalue weighted by molar-refractivity contribution is 14.1. The number of hydrogen-bond donors (Lipinski definition) is 1. The van der Waals surface area contributed by atoms with Crippen LogP contribution in [0, 0.1) is 3.57 Å². The Morgan fingerprint density at radius 2 is 1.70 bits per heavy atom. The average molecular weight is 422 g/mol. The molecule has 2 nitrogen and oxygen atoms in total. The zero-order chi connectivity index (χ0) is 14.7. The predicted molar refractivity (Wildman–Crippen MR) is 93.1 cm³/mol. The first-order chi connectivity index (χ1) is 9.56. The van der Waals surface area contributed by atoms with Crippen molar-refractivity contribution in [2.24, 2.45) is 0 Å². The summed E-state index contributed by atoms with van der Waals surface area (Å²) >= 11 is 14.5. The minimum absolute atomic E-state index is 0.0377. The Hall–Kier alpha value is -0.490. The van der Waals surface area contributed by atoms with E-state index < -0.39 is 0 Å². The lowest BCUT2D eigenvalue weighted by molar-refractivity contribution is 0.414. The second-order valence-electron chi connectivity index (χ2n) is 4.29. The normalized spacial score (nSPS) is 12.2. The molecule has 0 aliphatic heterocycles. The third-order valence-electron chi connectivity index (χ3n) is 3.07. The van der Waals surface area contributed by atoms with Gasteiger partial charge in [-0.3, -0.25) is 0 Å². The smallest absolute Gasteiger partial charge is 0.137 e. The van der Waals surface area contributed by atoms with Gasteiger partial charge in [-0.1, -0.05) is 35.3 Å². The highest BCUT2D eigenvalue weighted by atomic mass is 127. The number of benzene rings is 2. The molecule has 0 aliphatic carbocycles. The summed E-state index contributed by atoms with van der Waals surface area (Å²) in [4.78, 5) is 0. The number of rotatable bonds is 4. The van der Waals surface area contributed by atoms with Crippen LogP contribution in [0.15, 0.2) is 36.4 Å². The topological polar surface area (TPSA) is 21.3 Å². The summed E-state index contributed by atoms with van der Waals surface area (Å²) in [5, 5.41) is 4.65. The lowest BCUT2D eigenvalue weighted by Crippen LogP contribution is -2.17. The van der Waals surface area contributed by atoms with Crippen LogP contribution in [0.3, 0.4) is 0 Å². The summed E-state index contributed by atoms with van der Waals surface area (Å²) in [6.07, 6.45) is 0. The zero-order valence-corrected chi connectivity index (χ0v) is 14.8. The lowest BCUT2D eigenvalue weighted by Gasteiger charge is -2.19. The summed E-state index contributed by atoms with van der Waals surface area (Å²) in [5.74, 6) is 0.668. The molecule has 0 saturated carbocycles. The van der Waals surface area contributed by atoms with Gasteiger partial charge in [0, 0.05) is 3.57 Å². The first-order valence-corrected chi connectivity index (χ1v) is 7.86. The Bertz CT molecular complexity index is 619. The first-order valence-electron chi connectivity index (χ1n) is 6.02. The van der Waals surface area contributed by atoms with Crippen molar-refractivity contribution in [3.05, 3.63) is 61.1 Å². The van der Waals surface area contributed by atoms with Gasteiger partial charge in [-0.15, -0.1) is 0 Å². The van der Waals surface area contributed by atoms with E-state index in [9.17, 15) is 0 Å². The van der Waals surface area contributed by atoms with E-state index in [0.717, 1.165) is 19.7 Å². The lowest BCUT2D eigenvalue weighted by atomic mass is 9.99. The van der Waals surface area contributed by atoms with Crippen LogP contribution in [0.25, 0.3) is 0 Å². The molecule has 0 saturated heterocycles. The third kappa shape index (κ3) is 3.39. The summed E-state index contributed by atoms with van der Waals surface area (Å²) in [5.41, 5.74) is 2.17. The number of ether oxygens (including phenoxy) is 1. The van der Waals surface area contributed by atoms with Gasteiger partial charge >= 0.3 is 0 Å². The van der Waals surface area contributed by atoms with E-state index in [1.165, 1.54) is 0 Å². The van der Waals surface area contributed by atoms with Crippen LogP contribution in [0.1, 0.15) is 17.2 Å². The standard InChI is InChI=1S/C15H14Cl2INO/c1-19-15(9-4-6-13(18)12(17)7-9)10-3-5-11(16)14(8-10)20-2/h3-8,15,19H,1-2H3. The molecule has 5 heteroatoms. The Balaban J connectivity index is 2.43. The minimum atomic E-state index is 0.0377. The summed E-state index contributed by atoms with van der Waals surface area (Å²) < 4.78 is 6.31. The number of nitrogens with one attached hydrogen (secondary N) is 1. The summed E-state index contributed by atoms with van der Waals surface area (Å²) in [7, 11) is 3.53. The van der Waals surface area contributed by atoms with Crippen LogP contribution in [-0.2, 0) is 0 Å². The highest BCUT2D eigenvalue weighted by Crippen LogP contribution is 2.32. The van der Waals surface area contributed by atoms with Gasteiger partial charge in [0.05, 0.1) is 23.2 Å². The number of halogens is 3. The molecule has 0 spiro atoms. The maximum atomic E-state index is 6.21. The number of hydrogen-bond acceptors (Lipinski definition) is 2. The monoisotopic (exact) mass is 421 g/mol. The van der Waals surface area contributed by atoms with Gasteiger partial charge in [0.1, 0.15) is 5.75 Å². The zero-order valence-electron chi connectivity index (χ0n) is 11.1. The van der Waals surface area contributed by atoms with Gasteiger partial charge in [0.25, 0.3) is 0 Å². The molecule has 1 N–H and O–H groups in total. The van der Waals surface area contributed by atoms with Crippen LogP contribution in [-0.4, -0.2) is 14.2 Å². The molecule has 2 aromatic rings. The molecule has 0 aromatic heterocycles. The quantitative estimate of drug-likeness (QED) is 0.707. The largest absolute Gasteiger partial charge is 0.495 e. The Labute approximate surface area is 142 Å². The molecule has 1 unspecified atom stereocenters. The Morgan fingerprint density at radius 1 is 1.05 bits per heavy atom. The molecule has 1 atom stereocenters. The van der Waals surface area contributed by atoms with Crippen molar-refractivity contribution in [2.45, 2.75) is 6.04 Å². The van der Waals surface area contributed by atoms with E-state index in [4.69, 9.17) is 27.9 Å². The van der Waals surface area contributed by atoms with Crippen molar-refractivity contribution < 1.29 is 4.74 Å². The maximum absolute atomic E-state index is 6.21. The molecule has 2 rings (SSSR count). The van der Waals surface area contributed by atoms with Gasteiger partial charge in [0.15, 0.2) is 0 Å². The Kier molecular flexibility index (Phi) is 5.55. The molecular formula is C15H14Cl2INO. The fourth-order valence-corrected chi connectivity index (χ4v) is 2.79. The van der Waals surface area contributed by atoms with Crippen LogP contribution in [0.4, 0.5) is 0 Å². The van der Waals surface area contributed by atoms with Crippen LogP contribution in [0.5, 0.6) is 5.75 Å². The molecule has 2 aromatic carbocycles. The van der Waals surface area contributed by atoms with Crippen molar-refractivity contribution in [3.63, 3.8) is 0 Å². The summed E-state index contributed by atoms with van der Waals surface area (Å²) in [6, 6.07) is 11.9. The van der Waals surface area contributed by atoms with E-state index in [1.807, 2.05) is 37.4 Å². The molecule has 0 radical (unpaired) electrons. The van der Waals surface area contributed by atoms with Crippen molar-refractivity contribution in [1.29, 1.82) is 0 Å². The van der Waals surface area contributed by atoms with Gasteiger partial charge in [-0.2, -0.15) is 0 Å².